The first kappa shape index (κ1) is 15.4. The number of nitrogens with zero attached hydrogens (tertiary/aromatic N) is 1. The van der Waals surface area contributed by atoms with E-state index in [1.807, 2.05) is 31.2 Å². The summed E-state index contributed by atoms with van der Waals surface area (Å²) in [5.41, 5.74) is 2.52. The lowest BCUT2D eigenvalue weighted by molar-refractivity contribution is 0.507. The van der Waals surface area contributed by atoms with E-state index < -0.39 is 11.6 Å². The number of pyridine rings is 1. The highest BCUT2D eigenvalue weighted by atomic mass is 19.2. The van der Waals surface area contributed by atoms with Crippen LogP contribution < -0.4 is 5.43 Å². The molecule has 1 aromatic heterocycles. The third-order valence-corrected chi connectivity index (χ3v) is 4.07. The minimum Gasteiger partial charge on any atom is -0.345 e. The fourth-order valence-electron chi connectivity index (χ4n) is 2.93. The molecule has 0 fully saturated rings. The third kappa shape index (κ3) is 3.02. The molecule has 0 saturated carbocycles. The lowest BCUT2D eigenvalue weighted by Gasteiger charge is -2.15. The zero-order valence-corrected chi connectivity index (χ0v) is 12.9. The molecule has 0 unspecified atom stereocenters. The van der Waals surface area contributed by atoms with Crippen molar-refractivity contribution in [3.05, 3.63) is 81.6 Å². The van der Waals surface area contributed by atoms with Crippen LogP contribution in [0.5, 0.6) is 0 Å². The van der Waals surface area contributed by atoms with Gasteiger partial charge in [0.1, 0.15) is 0 Å². The summed E-state index contributed by atoms with van der Waals surface area (Å²) in [7, 11) is 0. The summed E-state index contributed by atoms with van der Waals surface area (Å²) in [6.07, 6.45) is 1.15. The van der Waals surface area contributed by atoms with Crippen molar-refractivity contribution >= 4 is 10.9 Å². The predicted molar refractivity (Wildman–Crippen MR) is 87.6 cm³/mol. The van der Waals surface area contributed by atoms with Crippen LogP contribution in [0.1, 0.15) is 18.2 Å². The van der Waals surface area contributed by atoms with Gasteiger partial charge in [-0.25, -0.2) is 8.78 Å². The number of fused-ring (bicyclic) bond motifs is 1. The SMILES string of the molecule is CCn1c(CCc2ccc(F)c(F)c2)cc(=O)c2ccccc21. The molecule has 0 radical (unpaired) electrons. The average molecular weight is 313 g/mol. The van der Waals surface area contributed by atoms with E-state index in [4.69, 9.17) is 0 Å². The average Bonchev–Trinajstić information content (AvgIpc) is 2.56. The Balaban J connectivity index is 1.96. The fourth-order valence-corrected chi connectivity index (χ4v) is 2.93. The van der Waals surface area contributed by atoms with Crippen LogP contribution in [0.3, 0.4) is 0 Å². The van der Waals surface area contributed by atoms with Crippen LogP contribution in [-0.4, -0.2) is 4.57 Å². The van der Waals surface area contributed by atoms with E-state index in [9.17, 15) is 13.6 Å². The first-order valence-electron chi connectivity index (χ1n) is 7.65. The van der Waals surface area contributed by atoms with Gasteiger partial charge in [-0.15, -0.1) is 0 Å². The summed E-state index contributed by atoms with van der Waals surface area (Å²) in [5, 5.41) is 0.700. The van der Waals surface area contributed by atoms with Gasteiger partial charge in [0.05, 0.1) is 5.52 Å². The van der Waals surface area contributed by atoms with Crippen LogP contribution in [0.15, 0.2) is 53.3 Å². The van der Waals surface area contributed by atoms with Crippen molar-refractivity contribution in [2.24, 2.45) is 0 Å². The zero-order valence-electron chi connectivity index (χ0n) is 12.9. The van der Waals surface area contributed by atoms with Crippen molar-refractivity contribution < 1.29 is 8.78 Å². The van der Waals surface area contributed by atoms with Gasteiger partial charge in [-0.3, -0.25) is 4.79 Å². The minimum absolute atomic E-state index is 0.00872. The van der Waals surface area contributed by atoms with Crippen LogP contribution in [0.25, 0.3) is 10.9 Å². The molecule has 0 bridgehead atoms. The van der Waals surface area contributed by atoms with Crippen molar-refractivity contribution in [1.29, 1.82) is 0 Å². The van der Waals surface area contributed by atoms with E-state index >= 15 is 0 Å². The van der Waals surface area contributed by atoms with Gasteiger partial charge in [-0.2, -0.15) is 0 Å². The summed E-state index contributed by atoms with van der Waals surface area (Å²) in [4.78, 5) is 12.3. The molecule has 0 spiro atoms. The number of aryl methyl sites for hydroxylation is 3. The maximum atomic E-state index is 13.3. The molecule has 0 aliphatic rings. The summed E-state index contributed by atoms with van der Waals surface area (Å²) in [5.74, 6) is -1.68. The van der Waals surface area contributed by atoms with Crippen molar-refractivity contribution in [2.75, 3.05) is 0 Å². The summed E-state index contributed by atoms with van der Waals surface area (Å²) in [6.45, 7) is 2.77. The van der Waals surface area contributed by atoms with E-state index in [1.165, 1.54) is 6.07 Å². The van der Waals surface area contributed by atoms with Crippen molar-refractivity contribution in [1.82, 2.24) is 4.57 Å². The molecule has 4 heteroatoms. The second-order valence-electron chi connectivity index (χ2n) is 5.51. The van der Waals surface area contributed by atoms with Gasteiger partial charge in [0.2, 0.25) is 0 Å². The predicted octanol–water partition coefficient (Wildman–Crippen LogP) is 4.08. The molecule has 0 N–H and O–H groups in total. The van der Waals surface area contributed by atoms with Gasteiger partial charge in [0.25, 0.3) is 0 Å². The molecule has 0 aliphatic heterocycles. The van der Waals surface area contributed by atoms with E-state index in [2.05, 4.69) is 4.57 Å². The maximum Gasteiger partial charge on any atom is 0.189 e. The minimum atomic E-state index is -0.843. The van der Waals surface area contributed by atoms with Crippen molar-refractivity contribution in [2.45, 2.75) is 26.3 Å². The van der Waals surface area contributed by atoms with E-state index in [1.54, 1.807) is 12.1 Å². The van der Waals surface area contributed by atoms with Gasteiger partial charge in [0, 0.05) is 23.7 Å². The topological polar surface area (TPSA) is 22.0 Å². The normalized spacial score (nSPS) is 11.1. The second-order valence-corrected chi connectivity index (χ2v) is 5.51. The lowest BCUT2D eigenvalue weighted by Crippen LogP contribution is -2.14. The highest BCUT2D eigenvalue weighted by Gasteiger charge is 2.09. The molecule has 118 valence electrons. The van der Waals surface area contributed by atoms with Crippen LogP contribution in [0, 0.1) is 11.6 Å². The van der Waals surface area contributed by atoms with Gasteiger partial charge in [-0.1, -0.05) is 18.2 Å². The molecular formula is C19H17F2NO. The molecular weight excluding hydrogens is 296 g/mol. The van der Waals surface area contributed by atoms with Gasteiger partial charge >= 0.3 is 0 Å². The smallest absolute Gasteiger partial charge is 0.189 e. The van der Waals surface area contributed by atoms with Crippen LogP contribution >= 0.6 is 0 Å². The number of halogens is 2. The highest BCUT2D eigenvalue weighted by Crippen LogP contribution is 2.16. The van der Waals surface area contributed by atoms with Crippen LogP contribution in [0.2, 0.25) is 0 Å². The van der Waals surface area contributed by atoms with Gasteiger partial charge in [0.15, 0.2) is 17.1 Å². The number of rotatable bonds is 4. The van der Waals surface area contributed by atoms with Crippen molar-refractivity contribution in [3.63, 3.8) is 0 Å². The summed E-state index contributed by atoms with van der Waals surface area (Å²) in [6, 6.07) is 13.1. The number of hydrogen-bond donors (Lipinski definition) is 0. The second kappa shape index (κ2) is 6.32. The molecule has 2 aromatic carbocycles. The Bertz CT molecular complexity index is 915. The third-order valence-electron chi connectivity index (χ3n) is 4.07. The Kier molecular flexibility index (Phi) is 4.24. The standard InChI is InChI=1S/C19H17F2NO/c1-2-22-14(9-7-13-8-10-16(20)17(21)11-13)12-19(23)15-5-3-4-6-18(15)22/h3-6,8,10-12H,2,7,9H2,1H3. The molecule has 23 heavy (non-hydrogen) atoms. The number of hydrogen-bond acceptors (Lipinski definition) is 1. The fraction of sp³-hybridized carbons (Fsp3) is 0.211. The molecule has 1 heterocycles. The Morgan fingerprint density at radius 3 is 2.48 bits per heavy atom. The van der Waals surface area contributed by atoms with Crippen LogP contribution in [0.4, 0.5) is 8.78 Å². The number of aromatic nitrogens is 1. The summed E-state index contributed by atoms with van der Waals surface area (Å²) >= 11 is 0. The summed E-state index contributed by atoms with van der Waals surface area (Å²) < 4.78 is 28.4. The lowest BCUT2D eigenvalue weighted by atomic mass is 10.1. The molecule has 3 rings (SSSR count). The number of para-hydroxylation sites is 1. The maximum absolute atomic E-state index is 13.3. The van der Waals surface area contributed by atoms with E-state index in [-0.39, 0.29) is 5.43 Å². The zero-order chi connectivity index (χ0) is 16.4. The first-order chi connectivity index (χ1) is 11.1. The molecule has 2 nitrogen and oxygen atoms in total. The van der Waals surface area contributed by atoms with Gasteiger partial charge in [-0.05, 0) is 49.6 Å². The number of benzene rings is 2. The van der Waals surface area contributed by atoms with E-state index in [0.29, 0.717) is 23.8 Å². The molecule has 3 aromatic rings. The highest BCUT2D eigenvalue weighted by molar-refractivity contribution is 5.79. The van der Waals surface area contributed by atoms with Gasteiger partial charge < -0.3 is 4.57 Å². The van der Waals surface area contributed by atoms with E-state index in [0.717, 1.165) is 23.8 Å². The molecule has 0 amide bonds. The molecule has 0 saturated heterocycles. The Morgan fingerprint density at radius 1 is 0.957 bits per heavy atom. The first-order valence-corrected chi connectivity index (χ1v) is 7.65. The Labute approximate surface area is 133 Å². The molecule has 0 aliphatic carbocycles. The van der Waals surface area contributed by atoms with Crippen LogP contribution in [-0.2, 0) is 19.4 Å². The Morgan fingerprint density at radius 2 is 1.74 bits per heavy atom. The Hall–Kier alpha value is -2.49. The quantitative estimate of drug-likeness (QED) is 0.711. The molecule has 0 atom stereocenters. The van der Waals surface area contributed by atoms with Crippen molar-refractivity contribution in [3.8, 4) is 0 Å². The largest absolute Gasteiger partial charge is 0.345 e. The monoisotopic (exact) mass is 313 g/mol.